The van der Waals surface area contributed by atoms with E-state index < -0.39 is 0 Å². The topological polar surface area (TPSA) is 80.5 Å². The van der Waals surface area contributed by atoms with Crippen molar-refractivity contribution in [2.24, 2.45) is 0 Å². The minimum absolute atomic E-state index is 0.108. The highest BCUT2D eigenvalue weighted by atomic mass is 32.2. The summed E-state index contributed by atoms with van der Waals surface area (Å²) < 4.78 is 11.3. The smallest absolute Gasteiger partial charge is 0.287 e. The Morgan fingerprint density at radius 2 is 2.06 bits per heavy atom. The summed E-state index contributed by atoms with van der Waals surface area (Å²) in [7, 11) is 2.04. The molecular weight excluding hydrogens is 436 g/mol. The standard InChI is InChI=1S/C25H30N4O3S/c1-3-19-14-23(29(2)16-18-8-5-4-6-9-18)28-25(27-19)33-17-21-11-12-22(32-21)24(30)26-15-20-10-7-13-31-20/h4-6,8-9,11-12,14,20H,3,7,10,13,15-17H2,1-2H3,(H,26,30). The number of carbonyl (C=O) groups is 1. The molecular formula is C25H30N4O3S. The molecule has 7 nitrogen and oxygen atoms in total. The van der Waals surface area contributed by atoms with Crippen LogP contribution >= 0.6 is 11.8 Å². The lowest BCUT2D eigenvalue weighted by molar-refractivity contribution is 0.0834. The highest BCUT2D eigenvalue weighted by molar-refractivity contribution is 7.98. The average Bonchev–Trinajstić information content (AvgIpc) is 3.54. The number of anilines is 1. The fourth-order valence-electron chi connectivity index (χ4n) is 3.65. The van der Waals surface area contributed by atoms with Crippen molar-refractivity contribution in [3.63, 3.8) is 0 Å². The first-order chi connectivity index (χ1) is 16.1. The Hall–Kier alpha value is -2.84. The van der Waals surface area contributed by atoms with Gasteiger partial charge in [-0.2, -0.15) is 0 Å². The normalized spacial score (nSPS) is 15.5. The van der Waals surface area contributed by atoms with Crippen molar-refractivity contribution >= 4 is 23.5 Å². The average molecular weight is 467 g/mol. The van der Waals surface area contributed by atoms with Gasteiger partial charge in [-0.3, -0.25) is 4.79 Å². The van der Waals surface area contributed by atoms with E-state index >= 15 is 0 Å². The molecule has 1 saturated heterocycles. The van der Waals surface area contributed by atoms with Gasteiger partial charge in [0.05, 0.1) is 11.9 Å². The Morgan fingerprint density at radius 1 is 1.21 bits per heavy atom. The van der Waals surface area contributed by atoms with Crippen molar-refractivity contribution in [3.8, 4) is 0 Å². The fourth-order valence-corrected chi connectivity index (χ4v) is 4.42. The molecule has 1 atom stereocenters. The zero-order valence-electron chi connectivity index (χ0n) is 19.1. The van der Waals surface area contributed by atoms with Crippen LogP contribution in [-0.4, -0.2) is 42.2 Å². The van der Waals surface area contributed by atoms with Crippen LogP contribution in [0.5, 0.6) is 0 Å². The van der Waals surface area contributed by atoms with Crippen molar-refractivity contribution in [2.75, 3.05) is 25.1 Å². The third-order valence-electron chi connectivity index (χ3n) is 5.50. The lowest BCUT2D eigenvalue weighted by atomic mass is 10.2. The molecule has 0 spiro atoms. The number of furan rings is 1. The summed E-state index contributed by atoms with van der Waals surface area (Å²) in [5.41, 5.74) is 2.22. The van der Waals surface area contributed by atoms with E-state index in [1.165, 1.54) is 17.3 Å². The van der Waals surface area contributed by atoms with E-state index in [0.717, 1.165) is 43.9 Å². The van der Waals surface area contributed by atoms with Crippen LogP contribution < -0.4 is 10.2 Å². The van der Waals surface area contributed by atoms with Crippen LogP contribution in [0.4, 0.5) is 5.82 Å². The zero-order chi connectivity index (χ0) is 23.0. The van der Waals surface area contributed by atoms with Gasteiger partial charge in [-0.1, -0.05) is 49.0 Å². The third-order valence-corrected chi connectivity index (χ3v) is 6.37. The van der Waals surface area contributed by atoms with E-state index in [-0.39, 0.29) is 12.0 Å². The molecule has 0 radical (unpaired) electrons. The molecule has 3 aromatic rings. The van der Waals surface area contributed by atoms with Crippen molar-refractivity contribution < 1.29 is 13.9 Å². The highest BCUT2D eigenvalue weighted by Gasteiger charge is 2.18. The van der Waals surface area contributed by atoms with E-state index in [0.29, 0.717) is 29.0 Å². The molecule has 3 heterocycles. The molecule has 0 aliphatic carbocycles. The molecule has 0 saturated carbocycles. The number of carbonyl (C=O) groups excluding carboxylic acids is 1. The first kappa shape index (κ1) is 23.3. The van der Waals surface area contributed by atoms with Crippen molar-refractivity contribution in [2.45, 2.75) is 49.7 Å². The SMILES string of the molecule is CCc1cc(N(C)Cc2ccccc2)nc(SCc2ccc(C(=O)NCC3CCCO3)o2)n1. The van der Waals surface area contributed by atoms with Gasteiger partial charge in [-0.15, -0.1) is 0 Å². The van der Waals surface area contributed by atoms with Gasteiger partial charge in [0, 0.05) is 38.5 Å². The van der Waals surface area contributed by atoms with Gasteiger partial charge in [0.25, 0.3) is 5.91 Å². The number of hydrogen-bond acceptors (Lipinski definition) is 7. The molecule has 1 N–H and O–H groups in total. The van der Waals surface area contributed by atoms with Crippen LogP contribution in [0.1, 0.15) is 47.3 Å². The number of nitrogens with one attached hydrogen (secondary N) is 1. The van der Waals surface area contributed by atoms with E-state index in [2.05, 4.69) is 34.3 Å². The Labute approximate surface area is 198 Å². The summed E-state index contributed by atoms with van der Waals surface area (Å²) >= 11 is 1.51. The second-order valence-corrected chi connectivity index (χ2v) is 9.04. The van der Waals surface area contributed by atoms with Crippen molar-refractivity contribution in [3.05, 3.63) is 71.3 Å². The molecule has 174 valence electrons. The molecule has 1 aliphatic rings. The molecule has 8 heteroatoms. The molecule has 33 heavy (non-hydrogen) atoms. The van der Waals surface area contributed by atoms with Gasteiger partial charge in [0.2, 0.25) is 0 Å². The predicted octanol–water partition coefficient (Wildman–Crippen LogP) is 4.47. The van der Waals surface area contributed by atoms with Gasteiger partial charge in [0.15, 0.2) is 10.9 Å². The number of amides is 1. The van der Waals surface area contributed by atoms with Crippen molar-refractivity contribution in [1.29, 1.82) is 0 Å². The molecule has 0 bridgehead atoms. The first-order valence-electron chi connectivity index (χ1n) is 11.3. The van der Waals surface area contributed by atoms with E-state index in [4.69, 9.17) is 14.1 Å². The number of aromatic nitrogens is 2. The Bertz CT molecular complexity index is 1050. The second-order valence-electron chi connectivity index (χ2n) is 8.09. The van der Waals surface area contributed by atoms with E-state index in [9.17, 15) is 4.79 Å². The van der Waals surface area contributed by atoms with Crippen LogP contribution in [0.15, 0.2) is 58.1 Å². The quantitative estimate of drug-likeness (QED) is 0.349. The summed E-state index contributed by atoms with van der Waals surface area (Å²) in [6.07, 6.45) is 2.97. The number of thioether (sulfide) groups is 1. The molecule has 1 fully saturated rings. The number of ether oxygens (including phenoxy) is 1. The Morgan fingerprint density at radius 3 is 2.82 bits per heavy atom. The number of nitrogens with zero attached hydrogens (tertiary/aromatic N) is 3. The summed E-state index contributed by atoms with van der Waals surface area (Å²) in [6.45, 7) is 4.15. The number of rotatable bonds is 10. The molecule has 1 aliphatic heterocycles. The lowest BCUT2D eigenvalue weighted by Crippen LogP contribution is -2.31. The van der Waals surface area contributed by atoms with Gasteiger partial charge in [-0.05, 0) is 37.0 Å². The monoisotopic (exact) mass is 466 g/mol. The fraction of sp³-hybridized carbons (Fsp3) is 0.400. The minimum Gasteiger partial charge on any atom is -0.455 e. The number of hydrogen-bond donors (Lipinski definition) is 1. The maximum Gasteiger partial charge on any atom is 0.287 e. The summed E-state index contributed by atoms with van der Waals surface area (Å²) in [5.74, 6) is 2.26. The highest BCUT2D eigenvalue weighted by Crippen LogP contribution is 2.24. The Balaban J connectivity index is 1.35. The molecule has 1 unspecified atom stereocenters. The predicted molar refractivity (Wildman–Crippen MR) is 130 cm³/mol. The van der Waals surface area contributed by atoms with Gasteiger partial charge in [0.1, 0.15) is 11.6 Å². The lowest BCUT2D eigenvalue weighted by Gasteiger charge is -2.19. The van der Waals surface area contributed by atoms with Gasteiger partial charge in [-0.25, -0.2) is 9.97 Å². The molecule has 2 aromatic heterocycles. The van der Waals surface area contributed by atoms with Crippen LogP contribution in [-0.2, 0) is 23.5 Å². The maximum absolute atomic E-state index is 12.3. The van der Waals surface area contributed by atoms with E-state index in [1.54, 1.807) is 6.07 Å². The third kappa shape index (κ3) is 6.58. The number of benzene rings is 1. The molecule has 1 amide bonds. The van der Waals surface area contributed by atoms with Crippen LogP contribution in [0, 0.1) is 0 Å². The summed E-state index contributed by atoms with van der Waals surface area (Å²) in [5, 5.41) is 3.59. The van der Waals surface area contributed by atoms with Crippen LogP contribution in [0.25, 0.3) is 0 Å². The van der Waals surface area contributed by atoms with Crippen LogP contribution in [0.2, 0.25) is 0 Å². The van der Waals surface area contributed by atoms with Gasteiger partial charge < -0.3 is 19.4 Å². The maximum atomic E-state index is 12.3. The minimum atomic E-state index is -0.212. The molecule has 4 rings (SSSR count). The second kappa shape index (κ2) is 11.3. The largest absolute Gasteiger partial charge is 0.455 e. The zero-order valence-corrected chi connectivity index (χ0v) is 19.9. The van der Waals surface area contributed by atoms with Crippen molar-refractivity contribution in [1.82, 2.24) is 15.3 Å². The number of aryl methyl sites for hydroxylation is 1. The summed E-state index contributed by atoms with van der Waals surface area (Å²) in [6, 6.07) is 15.9. The molecule has 1 aromatic carbocycles. The van der Waals surface area contributed by atoms with E-state index in [1.807, 2.05) is 37.4 Å². The first-order valence-corrected chi connectivity index (χ1v) is 12.3. The Kier molecular flexibility index (Phi) is 8.01. The van der Waals surface area contributed by atoms with Crippen LogP contribution in [0.3, 0.4) is 0 Å². The van der Waals surface area contributed by atoms with Gasteiger partial charge >= 0.3 is 0 Å². The summed E-state index contributed by atoms with van der Waals surface area (Å²) in [4.78, 5) is 23.9.